The second-order valence-electron chi connectivity index (χ2n) is 8.11. The van der Waals surface area contributed by atoms with Gasteiger partial charge in [0, 0.05) is 64.3 Å². The Labute approximate surface area is 192 Å². The zero-order valence-electron chi connectivity index (χ0n) is 17.5. The summed E-state index contributed by atoms with van der Waals surface area (Å²) in [5, 5.41) is 3.70. The van der Waals surface area contributed by atoms with Gasteiger partial charge in [-0.2, -0.15) is 0 Å². The highest BCUT2D eigenvalue weighted by atomic mass is 127. The number of likely N-dealkylation sites (tertiary alicyclic amines) is 1. The Morgan fingerprint density at radius 3 is 2.59 bits per heavy atom. The molecule has 6 nitrogen and oxygen atoms in total. The fourth-order valence-electron chi connectivity index (χ4n) is 4.84. The number of benzene rings is 1. The highest BCUT2D eigenvalue weighted by Crippen LogP contribution is 2.27. The highest BCUT2D eigenvalue weighted by molar-refractivity contribution is 14.0. The van der Waals surface area contributed by atoms with Crippen molar-refractivity contribution in [3.8, 4) is 0 Å². The molecule has 29 heavy (non-hydrogen) atoms. The lowest BCUT2D eigenvalue weighted by Crippen LogP contribution is -2.54. The number of hydrogen-bond donors (Lipinski definition) is 1. The fourth-order valence-corrected chi connectivity index (χ4v) is 4.84. The summed E-state index contributed by atoms with van der Waals surface area (Å²) in [5.74, 6) is 2.23. The molecule has 0 aliphatic carbocycles. The fraction of sp³-hybridized carbons (Fsp3) is 0.682. The first-order valence-electron chi connectivity index (χ1n) is 10.7. The van der Waals surface area contributed by atoms with Crippen LogP contribution in [-0.2, 0) is 9.47 Å². The molecule has 0 radical (unpaired) electrons. The van der Waals surface area contributed by atoms with Gasteiger partial charge in [0.1, 0.15) is 0 Å². The zero-order valence-corrected chi connectivity index (χ0v) is 19.8. The van der Waals surface area contributed by atoms with E-state index < -0.39 is 0 Å². The van der Waals surface area contributed by atoms with Gasteiger partial charge in [0.15, 0.2) is 5.96 Å². The maximum atomic E-state index is 5.70. The summed E-state index contributed by atoms with van der Waals surface area (Å²) in [6.07, 6.45) is 2.34. The third-order valence-electron chi connectivity index (χ3n) is 6.46. The number of hydrogen-bond acceptors (Lipinski definition) is 4. The minimum Gasteiger partial charge on any atom is -0.381 e. The summed E-state index contributed by atoms with van der Waals surface area (Å²) in [4.78, 5) is 9.60. The van der Waals surface area contributed by atoms with Crippen LogP contribution >= 0.6 is 24.0 Å². The second-order valence-corrected chi connectivity index (χ2v) is 8.11. The van der Waals surface area contributed by atoms with Crippen LogP contribution in [0.25, 0.3) is 0 Å². The largest absolute Gasteiger partial charge is 0.381 e. The van der Waals surface area contributed by atoms with Gasteiger partial charge in [0.2, 0.25) is 0 Å². The molecule has 1 aromatic carbocycles. The van der Waals surface area contributed by atoms with Gasteiger partial charge in [-0.1, -0.05) is 30.3 Å². The molecule has 162 valence electrons. The van der Waals surface area contributed by atoms with Crippen molar-refractivity contribution < 1.29 is 9.47 Å². The molecule has 3 atom stereocenters. The van der Waals surface area contributed by atoms with Crippen LogP contribution in [0.3, 0.4) is 0 Å². The van der Waals surface area contributed by atoms with Crippen LogP contribution in [-0.4, -0.2) is 88.0 Å². The summed E-state index contributed by atoms with van der Waals surface area (Å²) in [6.45, 7) is 8.50. The van der Waals surface area contributed by atoms with Gasteiger partial charge in [-0.3, -0.25) is 9.89 Å². The van der Waals surface area contributed by atoms with E-state index in [0.29, 0.717) is 17.9 Å². The minimum absolute atomic E-state index is 0. The van der Waals surface area contributed by atoms with E-state index in [-0.39, 0.29) is 24.0 Å². The third-order valence-corrected chi connectivity index (χ3v) is 6.46. The molecule has 3 aliphatic heterocycles. The van der Waals surface area contributed by atoms with Crippen molar-refractivity contribution in [2.75, 3.05) is 66.2 Å². The third kappa shape index (κ3) is 5.83. The Morgan fingerprint density at radius 1 is 1.10 bits per heavy atom. The normalized spacial score (nSPS) is 26.9. The van der Waals surface area contributed by atoms with Crippen LogP contribution < -0.4 is 5.32 Å². The van der Waals surface area contributed by atoms with Gasteiger partial charge >= 0.3 is 0 Å². The molecule has 0 spiro atoms. The molecule has 7 heteroatoms. The molecule has 3 saturated heterocycles. The van der Waals surface area contributed by atoms with Gasteiger partial charge in [0.25, 0.3) is 0 Å². The first kappa shape index (κ1) is 22.8. The van der Waals surface area contributed by atoms with E-state index in [1.165, 1.54) is 12.0 Å². The first-order chi connectivity index (χ1) is 13.8. The van der Waals surface area contributed by atoms with Crippen LogP contribution in [0.5, 0.6) is 0 Å². The predicted molar refractivity (Wildman–Crippen MR) is 127 cm³/mol. The number of nitrogens with zero attached hydrogens (tertiary/aromatic N) is 3. The van der Waals surface area contributed by atoms with Crippen LogP contribution in [0.4, 0.5) is 0 Å². The van der Waals surface area contributed by atoms with Crippen molar-refractivity contribution in [3.05, 3.63) is 35.9 Å². The monoisotopic (exact) mass is 514 g/mol. The molecular weight excluding hydrogens is 479 g/mol. The van der Waals surface area contributed by atoms with Crippen molar-refractivity contribution in [2.45, 2.75) is 24.8 Å². The molecule has 0 amide bonds. The topological polar surface area (TPSA) is 49.3 Å². The predicted octanol–water partition coefficient (Wildman–Crippen LogP) is 2.41. The van der Waals surface area contributed by atoms with E-state index in [4.69, 9.17) is 9.47 Å². The van der Waals surface area contributed by atoms with Crippen LogP contribution in [0.15, 0.2) is 35.3 Å². The van der Waals surface area contributed by atoms with E-state index in [9.17, 15) is 0 Å². The second kappa shape index (κ2) is 11.5. The number of rotatable bonds is 5. The number of aliphatic imine (C=N–C) groups is 1. The molecule has 3 unspecified atom stereocenters. The SMILES string of the molecule is CN=C(NCC(C1CCOC1)N1CCOCC1)N1CCC(c2ccccc2)C1.I. The summed E-state index contributed by atoms with van der Waals surface area (Å²) in [6, 6.07) is 11.4. The summed E-state index contributed by atoms with van der Waals surface area (Å²) in [5.41, 5.74) is 1.44. The Bertz CT molecular complexity index is 633. The van der Waals surface area contributed by atoms with Crippen LogP contribution in [0.2, 0.25) is 0 Å². The molecule has 0 aromatic heterocycles. The lowest BCUT2D eigenvalue weighted by atomic mass is 9.97. The van der Waals surface area contributed by atoms with E-state index >= 15 is 0 Å². The number of halogens is 1. The van der Waals surface area contributed by atoms with Crippen LogP contribution in [0, 0.1) is 5.92 Å². The molecule has 0 bridgehead atoms. The average molecular weight is 514 g/mol. The van der Waals surface area contributed by atoms with Gasteiger partial charge in [-0.15, -0.1) is 24.0 Å². The standard InChI is InChI=1S/C22H34N4O2.HI/c1-23-22(26-9-7-19(16-26)18-5-3-2-4-6-18)24-15-21(20-8-12-28-17-20)25-10-13-27-14-11-25;/h2-6,19-21H,7-17H2,1H3,(H,23,24);1H. The Morgan fingerprint density at radius 2 is 1.90 bits per heavy atom. The van der Waals surface area contributed by atoms with Crippen molar-refractivity contribution in [3.63, 3.8) is 0 Å². The van der Waals surface area contributed by atoms with E-state index in [2.05, 4.69) is 50.4 Å². The summed E-state index contributed by atoms with van der Waals surface area (Å²) >= 11 is 0. The summed E-state index contributed by atoms with van der Waals surface area (Å²) < 4.78 is 11.3. The lowest BCUT2D eigenvalue weighted by Gasteiger charge is -2.38. The maximum Gasteiger partial charge on any atom is 0.193 e. The molecule has 3 fully saturated rings. The Kier molecular flexibility index (Phi) is 9.02. The summed E-state index contributed by atoms with van der Waals surface area (Å²) in [7, 11) is 1.90. The van der Waals surface area contributed by atoms with E-state index in [0.717, 1.165) is 71.5 Å². The van der Waals surface area contributed by atoms with Gasteiger partial charge in [-0.05, 0) is 18.4 Å². The first-order valence-corrected chi connectivity index (χ1v) is 10.7. The highest BCUT2D eigenvalue weighted by Gasteiger charge is 2.32. The minimum atomic E-state index is 0. The molecule has 3 aliphatic rings. The molecule has 3 heterocycles. The molecule has 1 N–H and O–H groups in total. The van der Waals surface area contributed by atoms with Gasteiger partial charge < -0.3 is 19.7 Å². The van der Waals surface area contributed by atoms with Crippen molar-refractivity contribution in [1.82, 2.24) is 15.1 Å². The maximum absolute atomic E-state index is 5.70. The average Bonchev–Trinajstić information content (AvgIpc) is 3.45. The molecular formula is C22H35IN4O2. The smallest absolute Gasteiger partial charge is 0.193 e. The van der Waals surface area contributed by atoms with Crippen molar-refractivity contribution in [1.29, 1.82) is 0 Å². The molecule has 4 rings (SSSR count). The Balaban J connectivity index is 0.00000240. The molecule has 1 aromatic rings. The van der Waals surface area contributed by atoms with Gasteiger partial charge in [-0.25, -0.2) is 0 Å². The number of morpholine rings is 1. The number of nitrogens with one attached hydrogen (secondary N) is 1. The quantitative estimate of drug-likeness (QED) is 0.372. The van der Waals surface area contributed by atoms with Crippen LogP contribution in [0.1, 0.15) is 24.3 Å². The van der Waals surface area contributed by atoms with E-state index in [1.54, 1.807) is 0 Å². The van der Waals surface area contributed by atoms with E-state index in [1.807, 2.05) is 7.05 Å². The van der Waals surface area contributed by atoms with Crippen molar-refractivity contribution >= 4 is 29.9 Å². The lowest BCUT2D eigenvalue weighted by molar-refractivity contribution is 0.00236. The molecule has 0 saturated carbocycles. The van der Waals surface area contributed by atoms with Crippen molar-refractivity contribution in [2.24, 2.45) is 10.9 Å². The Hall–Kier alpha value is -0.900. The zero-order chi connectivity index (χ0) is 19.2. The number of guanidine groups is 1. The number of ether oxygens (including phenoxy) is 2. The van der Waals surface area contributed by atoms with Gasteiger partial charge in [0.05, 0.1) is 19.8 Å².